The summed E-state index contributed by atoms with van der Waals surface area (Å²) in [4.78, 5) is 0. The number of fused-ring (bicyclic) bond motifs is 4. The first-order valence-electron chi connectivity index (χ1n) is 18.9. The topological polar surface area (TPSA) is 41.9 Å². The molecule has 2 heterocycles. The quantitative estimate of drug-likeness (QED) is 0.137. The number of aromatic nitrogens is 1. The molecule has 5 nitrogen and oxygen atoms in total. The van der Waals surface area contributed by atoms with Crippen LogP contribution < -0.4 is 18.1 Å². The van der Waals surface area contributed by atoms with Crippen molar-refractivity contribution in [1.29, 1.82) is 0 Å². The lowest BCUT2D eigenvalue weighted by atomic mass is 9.91. The summed E-state index contributed by atoms with van der Waals surface area (Å²) in [6.07, 6.45) is 10.7. The number of rotatable bonds is 9. The second-order valence-corrected chi connectivity index (χ2v) is 17.5. The molecule has 0 saturated heterocycles. The molecule has 0 fully saturated rings. The molecule has 0 spiro atoms. The van der Waals surface area contributed by atoms with Crippen molar-refractivity contribution in [3.8, 4) is 34.1 Å². The summed E-state index contributed by atoms with van der Waals surface area (Å²) in [6.45, 7) is 10.9. The van der Waals surface area contributed by atoms with E-state index in [0.717, 1.165) is 66.6 Å². The number of allylic oxidation sites excluding steroid dienone is 4. The van der Waals surface area contributed by atoms with Crippen molar-refractivity contribution in [2.75, 3.05) is 0 Å². The molecule has 1 aliphatic carbocycles. The molecule has 0 N–H and O–H groups in total. The molecule has 0 radical (unpaired) electrons. The van der Waals surface area contributed by atoms with Crippen LogP contribution >= 0.6 is 16.9 Å². The highest BCUT2D eigenvalue weighted by atomic mass is 31.2. The molecule has 7 heteroatoms. The van der Waals surface area contributed by atoms with E-state index in [4.69, 9.17) is 18.1 Å². The highest BCUT2D eigenvalue weighted by Gasteiger charge is 2.39. The van der Waals surface area contributed by atoms with Gasteiger partial charge in [0.1, 0.15) is 23.0 Å². The zero-order chi connectivity index (χ0) is 37.6. The van der Waals surface area contributed by atoms with Gasteiger partial charge in [0.25, 0.3) is 0 Å². The van der Waals surface area contributed by atoms with Crippen LogP contribution in [0.3, 0.4) is 0 Å². The summed E-state index contributed by atoms with van der Waals surface area (Å²) in [5, 5.41) is 4.35. The van der Waals surface area contributed by atoms with Gasteiger partial charge in [0, 0.05) is 35.0 Å². The van der Waals surface area contributed by atoms with Crippen molar-refractivity contribution in [2.24, 2.45) is 0 Å². The van der Waals surface area contributed by atoms with Crippen LogP contribution in [0.1, 0.15) is 54.9 Å². The van der Waals surface area contributed by atoms with E-state index in [9.17, 15) is 0 Å². The molecule has 0 amide bonds. The van der Waals surface area contributed by atoms with Crippen LogP contribution in [-0.2, 0) is 0 Å². The number of hydrogen-bond donors (Lipinski definition) is 0. The molecule has 4 atom stereocenters. The smallest absolute Gasteiger partial charge is 0.421 e. The third-order valence-electron chi connectivity index (χ3n) is 10.6. The number of nitrogens with zero attached hydrogens (tertiary/aromatic N) is 1. The fraction of sp³-hybridized carbons (Fsp3) is 0.167. The van der Waals surface area contributed by atoms with E-state index in [0.29, 0.717) is 5.75 Å². The van der Waals surface area contributed by atoms with E-state index < -0.39 is 16.9 Å². The van der Waals surface area contributed by atoms with Gasteiger partial charge in [-0.25, -0.2) is 0 Å². The van der Waals surface area contributed by atoms with Gasteiger partial charge in [-0.05, 0) is 100.0 Å². The summed E-state index contributed by atoms with van der Waals surface area (Å²) in [5.41, 5.74) is 7.87. The second-order valence-electron chi connectivity index (χ2n) is 14.7. The van der Waals surface area contributed by atoms with Crippen molar-refractivity contribution >= 4 is 38.4 Å². The average Bonchev–Trinajstić information content (AvgIpc) is 3.90. The summed E-state index contributed by atoms with van der Waals surface area (Å²) in [5.74, 6) is 3.67. The van der Waals surface area contributed by atoms with Crippen LogP contribution in [0.4, 0.5) is 0 Å². The van der Waals surface area contributed by atoms with E-state index in [1.807, 2.05) is 28.9 Å². The van der Waals surface area contributed by atoms with Gasteiger partial charge in [-0.3, -0.25) is 4.34 Å². The Kier molecular flexibility index (Phi) is 9.46. The van der Waals surface area contributed by atoms with Crippen LogP contribution in [0.15, 0.2) is 158 Å². The predicted octanol–water partition coefficient (Wildman–Crippen LogP) is 14.2. The second kappa shape index (κ2) is 14.7. The van der Waals surface area contributed by atoms with E-state index in [2.05, 4.69) is 162 Å². The van der Waals surface area contributed by atoms with Gasteiger partial charge in [0.15, 0.2) is 0 Å². The summed E-state index contributed by atoms with van der Waals surface area (Å²) in [7, 11) is -3.13. The molecule has 0 bridgehead atoms. The summed E-state index contributed by atoms with van der Waals surface area (Å²) in [6, 6.07) is 42.5. The van der Waals surface area contributed by atoms with Crippen molar-refractivity contribution in [2.45, 2.75) is 52.1 Å². The minimum absolute atomic E-state index is 0.0136. The summed E-state index contributed by atoms with van der Waals surface area (Å²) < 4.78 is 30.4. The first-order valence-corrected chi connectivity index (χ1v) is 21.3. The zero-order valence-corrected chi connectivity index (χ0v) is 33.4. The molecule has 1 aliphatic heterocycles. The van der Waals surface area contributed by atoms with Gasteiger partial charge in [-0.2, -0.15) is 0 Å². The maximum absolute atomic E-state index is 7.28. The number of benzene rings is 6. The van der Waals surface area contributed by atoms with Gasteiger partial charge in [-0.15, -0.1) is 0 Å². The van der Waals surface area contributed by atoms with Crippen LogP contribution in [0, 0.1) is 13.8 Å². The Labute approximate surface area is 325 Å². The van der Waals surface area contributed by atoms with Crippen LogP contribution in [0.25, 0.3) is 32.7 Å². The number of hydrogen-bond acceptors (Lipinski definition) is 4. The Morgan fingerprint density at radius 3 is 2.05 bits per heavy atom. The van der Waals surface area contributed by atoms with Gasteiger partial charge >= 0.3 is 16.9 Å². The average molecular weight is 760 g/mol. The maximum Gasteiger partial charge on any atom is 0.421 e. The molecule has 0 saturated carbocycles. The van der Waals surface area contributed by atoms with E-state index in [1.165, 1.54) is 11.1 Å². The van der Waals surface area contributed by atoms with Crippen molar-refractivity contribution in [3.05, 3.63) is 180 Å². The fourth-order valence-electron chi connectivity index (χ4n) is 7.74. The Balaban J connectivity index is 1.22. The van der Waals surface area contributed by atoms with Crippen LogP contribution in [0.5, 0.6) is 23.0 Å². The Bertz CT molecular complexity index is 2610. The largest absolute Gasteiger partial charge is 0.438 e. The van der Waals surface area contributed by atoms with Crippen molar-refractivity contribution in [3.63, 3.8) is 0 Å². The van der Waals surface area contributed by atoms with Gasteiger partial charge in [-0.1, -0.05) is 124 Å². The highest BCUT2D eigenvalue weighted by molar-refractivity contribution is 7.49. The predicted molar refractivity (Wildman–Crippen MR) is 229 cm³/mol. The molecule has 7 aromatic rings. The first kappa shape index (κ1) is 35.4. The molecular formula is C48H43NO4P2. The van der Waals surface area contributed by atoms with E-state index >= 15 is 0 Å². The van der Waals surface area contributed by atoms with E-state index in [-0.39, 0.29) is 17.5 Å². The minimum atomic E-state index is -1.67. The van der Waals surface area contributed by atoms with Gasteiger partial charge in [0.2, 0.25) is 0 Å². The standard InChI is InChI=1S/C48H43NO4P2/c1-31(2)37-23-19-32(3)29-44(37)53-55(49-27-10-11-28-49)52-43-26-22-36-14-7-9-16-41(36)48(43)47-40-15-8-6-13-35(40)21-25-42(47)50-54-46-18-12-17-39(46)34(5)38-24-20-33(4)30-45(38)51-54/h6-31,34,46H,1-5H3. The highest BCUT2D eigenvalue weighted by Crippen LogP contribution is 2.59. The normalized spacial score (nSPS) is 18.0. The van der Waals surface area contributed by atoms with Crippen LogP contribution in [0.2, 0.25) is 0 Å². The lowest BCUT2D eigenvalue weighted by molar-refractivity contribution is 0.473. The van der Waals surface area contributed by atoms with Crippen LogP contribution in [-0.4, -0.2) is 10.00 Å². The molecule has 6 aromatic carbocycles. The molecule has 9 rings (SSSR count). The van der Waals surface area contributed by atoms with Crippen molar-refractivity contribution < 1.29 is 18.1 Å². The Morgan fingerprint density at radius 1 is 0.691 bits per heavy atom. The molecule has 55 heavy (non-hydrogen) atoms. The fourth-order valence-corrected chi connectivity index (χ4v) is 10.7. The van der Waals surface area contributed by atoms with Gasteiger partial charge in [0.05, 0.1) is 5.66 Å². The SMILES string of the molecule is Cc1ccc(C(C)C)c(OP(Oc2ccc3ccccc3c2-c2c(OP3Oc4cc(C)ccc4C(C)C4=CC=CC43)ccc3ccccc23)n2cccc2)c1. The molecule has 274 valence electrons. The molecule has 2 aliphatic rings. The number of aryl methyl sites for hydroxylation is 2. The zero-order valence-electron chi connectivity index (χ0n) is 31.6. The Hall–Kier alpha value is -5.34. The monoisotopic (exact) mass is 759 g/mol. The Morgan fingerprint density at radius 2 is 1.33 bits per heavy atom. The third-order valence-corrected chi connectivity index (χ3v) is 13.6. The first-order chi connectivity index (χ1) is 26.8. The minimum Gasteiger partial charge on any atom is -0.438 e. The van der Waals surface area contributed by atoms with Gasteiger partial charge < -0.3 is 18.1 Å². The van der Waals surface area contributed by atoms with E-state index in [1.54, 1.807) is 0 Å². The van der Waals surface area contributed by atoms with Crippen molar-refractivity contribution in [1.82, 2.24) is 4.34 Å². The molecule has 1 aromatic heterocycles. The summed E-state index contributed by atoms with van der Waals surface area (Å²) >= 11 is 0. The lowest BCUT2D eigenvalue weighted by Gasteiger charge is -2.26. The maximum atomic E-state index is 7.28. The third kappa shape index (κ3) is 6.71. The molecular weight excluding hydrogens is 716 g/mol. The molecule has 4 unspecified atom stereocenters. The lowest BCUT2D eigenvalue weighted by Crippen LogP contribution is -2.12.